The van der Waals surface area contributed by atoms with Crippen LogP contribution in [0.3, 0.4) is 0 Å². The van der Waals surface area contributed by atoms with Crippen molar-refractivity contribution in [3.63, 3.8) is 0 Å². The summed E-state index contributed by atoms with van der Waals surface area (Å²) in [5.74, 6) is 0.129. The first kappa shape index (κ1) is 20.7. The van der Waals surface area contributed by atoms with E-state index >= 15 is 0 Å². The van der Waals surface area contributed by atoms with Crippen LogP contribution in [0, 0.1) is 11.7 Å². The van der Waals surface area contributed by atoms with E-state index in [-0.39, 0.29) is 23.5 Å². The molecule has 0 saturated carbocycles. The van der Waals surface area contributed by atoms with Crippen molar-refractivity contribution in [3.05, 3.63) is 54.0 Å². The molecule has 1 aromatic carbocycles. The average Bonchev–Trinajstić information content (AvgIpc) is 2.75. The molecule has 0 bridgehead atoms. The van der Waals surface area contributed by atoms with E-state index < -0.39 is 0 Å². The molecule has 0 atom stereocenters. The number of hydrogen-bond acceptors (Lipinski definition) is 5. The minimum absolute atomic E-state index is 0.0488. The fourth-order valence-corrected chi connectivity index (χ4v) is 3.22. The van der Waals surface area contributed by atoms with Gasteiger partial charge in [-0.05, 0) is 49.2 Å². The third-order valence-electron chi connectivity index (χ3n) is 4.90. The van der Waals surface area contributed by atoms with Crippen molar-refractivity contribution < 1.29 is 18.7 Å². The van der Waals surface area contributed by atoms with Crippen molar-refractivity contribution in [2.75, 3.05) is 43.6 Å². The molecule has 3 rings (SSSR count). The van der Waals surface area contributed by atoms with Gasteiger partial charge in [-0.1, -0.05) is 0 Å². The number of nitrogens with zero attached hydrogens (tertiary/aromatic N) is 2. The number of methoxy groups -OCH3 is 1. The third kappa shape index (κ3) is 5.74. The topological polar surface area (TPSA) is 83.6 Å². The molecule has 1 aromatic heterocycles. The van der Waals surface area contributed by atoms with Crippen molar-refractivity contribution in [1.82, 2.24) is 10.3 Å². The van der Waals surface area contributed by atoms with Gasteiger partial charge in [0.05, 0.1) is 12.2 Å². The highest BCUT2D eigenvalue weighted by Crippen LogP contribution is 2.23. The summed E-state index contributed by atoms with van der Waals surface area (Å²) in [5, 5.41) is 5.60. The number of amides is 2. The second-order valence-electron chi connectivity index (χ2n) is 6.91. The molecule has 0 aliphatic carbocycles. The second-order valence-corrected chi connectivity index (χ2v) is 6.91. The molecule has 2 amide bonds. The van der Waals surface area contributed by atoms with E-state index in [1.165, 1.54) is 12.1 Å². The molecule has 1 saturated heterocycles. The van der Waals surface area contributed by atoms with Gasteiger partial charge < -0.3 is 20.3 Å². The summed E-state index contributed by atoms with van der Waals surface area (Å²) in [4.78, 5) is 30.9. The molecule has 1 fully saturated rings. The summed E-state index contributed by atoms with van der Waals surface area (Å²) in [6, 6.07) is 9.33. The van der Waals surface area contributed by atoms with Gasteiger partial charge in [0.15, 0.2) is 0 Å². The van der Waals surface area contributed by atoms with Crippen molar-refractivity contribution >= 4 is 23.3 Å². The maximum absolute atomic E-state index is 13.0. The standard InChI is InChI=1S/C21H25FN4O3/c1-29-13-10-23-20(27)16-2-7-19(24-14-16)26-11-8-15(9-12-26)21(28)25-18-5-3-17(22)4-6-18/h2-7,14-15H,8-13H2,1H3,(H,23,27)(H,25,28). The highest BCUT2D eigenvalue weighted by atomic mass is 19.1. The molecular weight excluding hydrogens is 375 g/mol. The highest BCUT2D eigenvalue weighted by Gasteiger charge is 2.25. The van der Waals surface area contributed by atoms with Gasteiger partial charge in [-0.3, -0.25) is 9.59 Å². The van der Waals surface area contributed by atoms with Crippen LogP contribution in [0.2, 0.25) is 0 Å². The van der Waals surface area contributed by atoms with E-state index in [0.29, 0.717) is 50.3 Å². The van der Waals surface area contributed by atoms with Crippen LogP contribution in [0.5, 0.6) is 0 Å². The summed E-state index contributed by atoms with van der Waals surface area (Å²) >= 11 is 0. The summed E-state index contributed by atoms with van der Waals surface area (Å²) in [6.45, 7) is 2.31. The average molecular weight is 400 g/mol. The lowest BCUT2D eigenvalue weighted by Gasteiger charge is -2.32. The Kier molecular flexibility index (Phi) is 7.13. The Labute approximate surface area is 169 Å². The number of pyridine rings is 1. The SMILES string of the molecule is COCCNC(=O)c1ccc(N2CCC(C(=O)Nc3ccc(F)cc3)CC2)nc1. The molecule has 2 heterocycles. The predicted molar refractivity (Wildman–Crippen MR) is 108 cm³/mol. The second kappa shape index (κ2) is 9.97. The quantitative estimate of drug-likeness (QED) is 0.698. The van der Waals surface area contributed by atoms with E-state index in [1.807, 2.05) is 6.07 Å². The molecule has 1 aliphatic heterocycles. The van der Waals surface area contributed by atoms with Crippen LogP contribution in [0.25, 0.3) is 0 Å². The van der Waals surface area contributed by atoms with Crippen LogP contribution in [0.1, 0.15) is 23.2 Å². The molecule has 0 spiro atoms. The lowest BCUT2D eigenvalue weighted by Crippen LogP contribution is -2.38. The van der Waals surface area contributed by atoms with Crippen LogP contribution in [-0.4, -0.2) is 50.1 Å². The van der Waals surface area contributed by atoms with Crippen molar-refractivity contribution in [3.8, 4) is 0 Å². The zero-order valence-corrected chi connectivity index (χ0v) is 16.4. The van der Waals surface area contributed by atoms with Crippen LogP contribution >= 0.6 is 0 Å². The number of halogens is 1. The Bertz CT molecular complexity index is 819. The zero-order valence-electron chi connectivity index (χ0n) is 16.4. The summed E-state index contributed by atoms with van der Waals surface area (Å²) < 4.78 is 17.9. The number of nitrogens with one attached hydrogen (secondary N) is 2. The van der Waals surface area contributed by atoms with E-state index in [2.05, 4.69) is 20.5 Å². The van der Waals surface area contributed by atoms with Crippen LogP contribution in [0.4, 0.5) is 15.9 Å². The van der Waals surface area contributed by atoms with Crippen molar-refractivity contribution in [1.29, 1.82) is 0 Å². The first-order valence-electron chi connectivity index (χ1n) is 9.61. The molecule has 2 N–H and O–H groups in total. The minimum Gasteiger partial charge on any atom is -0.383 e. The Morgan fingerprint density at radius 2 is 1.90 bits per heavy atom. The Hall–Kier alpha value is -3.00. The van der Waals surface area contributed by atoms with Gasteiger partial charge in [0.1, 0.15) is 11.6 Å². The number of carbonyl (C=O) groups excluding carboxylic acids is 2. The predicted octanol–water partition coefficient (Wildman–Crippen LogP) is 2.45. The lowest BCUT2D eigenvalue weighted by molar-refractivity contribution is -0.120. The summed E-state index contributed by atoms with van der Waals surface area (Å²) in [5.41, 5.74) is 1.10. The van der Waals surface area contributed by atoms with Crippen LogP contribution in [0.15, 0.2) is 42.6 Å². The molecule has 1 aliphatic rings. The normalized spacial score (nSPS) is 14.5. The Morgan fingerprint density at radius 3 is 2.52 bits per heavy atom. The van der Waals surface area contributed by atoms with Crippen LogP contribution < -0.4 is 15.5 Å². The maximum atomic E-state index is 13.0. The summed E-state index contributed by atoms with van der Waals surface area (Å²) in [7, 11) is 1.58. The van der Waals surface area contributed by atoms with Crippen LogP contribution in [-0.2, 0) is 9.53 Å². The van der Waals surface area contributed by atoms with E-state index in [4.69, 9.17) is 4.74 Å². The Morgan fingerprint density at radius 1 is 1.17 bits per heavy atom. The van der Waals surface area contributed by atoms with E-state index in [0.717, 1.165) is 5.82 Å². The van der Waals surface area contributed by atoms with Gasteiger partial charge in [-0.2, -0.15) is 0 Å². The number of ether oxygens (including phenoxy) is 1. The van der Waals surface area contributed by atoms with Crippen molar-refractivity contribution in [2.45, 2.75) is 12.8 Å². The lowest BCUT2D eigenvalue weighted by atomic mass is 9.95. The number of carbonyl (C=O) groups is 2. The molecule has 0 unspecified atom stereocenters. The Balaban J connectivity index is 1.49. The number of benzene rings is 1. The monoisotopic (exact) mass is 400 g/mol. The smallest absolute Gasteiger partial charge is 0.252 e. The first-order chi connectivity index (χ1) is 14.1. The molecule has 7 nitrogen and oxygen atoms in total. The molecule has 0 radical (unpaired) electrons. The first-order valence-corrected chi connectivity index (χ1v) is 9.61. The zero-order chi connectivity index (χ0) is 20.6. The minimum atomic E-state index is -0.331. The van der Waals surface area contributed by atoms with Gasteiger partial charge in [0.2, 0.25) is 5.91 Å². The molecular formula is C21H25FN4O3. The number of hydrogen-bond donors (Lipinski definition) is 2. The molecule has 8 heteroatoms. The number of rotatable bonds is 7. The highest BCUT2D eigenvalue weighted by molar-refractivity contribution is 5.94. The van der Waals surface area contributed by atoms with E-state index in [9.17, 15) is 14.0 Å². The van der Waals surface area contributed by atoms with Gasteiger partial charge in [-0.15, -0.1) is 0 Å². The van der Waals surface area contributed by atoms with E-state index in [1.54, 1.807) is 31.5 Å². The number of piperidine rings is 1. The largest absolute Gasteiger partial charge is 0.383 e. The number of aromatic nitrogens is 1. The maximum Gasteiger partial charge on any atom is 0.252 e. The molecule has 154 valence electrons. The molecule has 29 heavy (non-hydrogen) atoms. The fraction of sp³-hybridized carbons (Fsp3) is 0.381. The van der Waals surface area contributed by atoms with Crippen molar-refractivity contribution in [2.24, 2.45) is 5.92 Å². The van der Waals surface area contributed by atoms with Gasteiger partial charge >= 0.3 is 0 Å². The molecule has 2 aromatic rings. The van der Waals surface area contributed by atoms with Gasteiger partial charge in [0, 0.05) is 44.5 Å². The third-order valence-corrected chi connectivity index (χ3v) is 4.90. The van der Waals surface area contributed by atoms with Gasteiger partial charge in [0.25, 0.3) is 5.91 Å². The summed E-state index contributed by atoms with van der Waals surface area (Å²) in [6.07, 6.45) is 2.97. The van der Waals surface area contributed by atoms with Gasteiger partial charge in [-0.25, -0.2) is 9.37 Å². The number of anilines is 2. The fourth-order valence-electron chi connectivity index (χ4n) is 3.22.